The van der Waals surface area contributed by atoms with Crippen molar-refractivity contribution in [3.8, 4) is 0 Å². The molecule has 0 saturated heterocycles. The number of anilines is 3. The molecule has 0 bridgehead atoms. The van der Waals surface area contributed by atoms with Gasteiger partial charge in [-0.05, 0) is 25.7 Å². The minimum atomic E-state index is -0.230. The van der Waals surface area contributed by atoms with E-state index in [1.807, 2.05) is 0 Å². The summed E-state index contributed by atoms with van der Waals surface area (Å²) in [5.41, 5.74) is 12.1. The summed E-state index contributed by atoms with van der Waals surface area (Å²) in [5.74, 6) is 1.85. The molecule has 1 heterocycles. The molecule has 1 aromatic heterocycles. The Morgan fingerprint density at radius 1 is 1.37 bits per heavy atom. The highest BCUT2D eigenvalue weighted by Gasteiger charge is 2.24. The van der Waals surface area contributed by atoms with E-state index in [0.717, 1.165) is 31.4 Å². The predicted molar refractivity (Wildman–Crippen MR) is 79.1 cm³/mol. The Balaban J connectivity index is 2.11. The Kier molecular flexibility index (Phi) is 4.71. The van der Waals surface area contributed by atoms with Crippen LogP contribution in [0.15, 0.2) is 5.16 Å². The van der Waals surface area contributed by atoms with Gasteiger partial charge in [0, 0.05) is 11.8 Å². The molecule has 1 aliphatic rings. The lowest BCUT2D eigenvalue weighted by Crippen LogP contribution is -2.19. The van der Waals surface area contributed by atoms with Crippen molar-refractivity contribution in [2.75, 3.05) is 22.5 Å². The van der Waals surface area contributed by atoms with Crippen LogP contribution in [0.2, 0.25) is 0 Å². The summed E-state index contributed by atoms with van der Waals surface area (Å²) in [6.45, 7) is 2.10. The van der Waals surface area contributed by atoms with Gasteiger partial charge >= 0.3 is 0 Å². The first-order valence-electron chi connectivity index (χ1n) is 6.60. The maximum absolute atomic E-state index is 9.54. The zero-order chi connectivity index (χ0) is 13.8. The molecule has 0 aromatic carbocycles. The number of nitrogen functional groups attached to an aromatic ring is 2. The van der Waals surface area contributed by atoms with Crippen LogP contribution in [-0.4, -0.2) is 33.0 Å². The van der Waals surface area contributed by atoms with Crippen molar-refractivity contribution in [2.24, 2.45) is 0 Å². The molecule has 6 nitrogen and oxygen atoms in total. The molecule has 19 heavy (non-hydrogen) atoms. The van der Waals surface area contributed by atoms with Crippen LogP contribution in [0.5, 0.6) is 0 Å². The number of rotatable bonds is 5. The van der Waals surface area contributed by atoms with E-state index in [1.165, 1.54) is 0 Å². The number of thioether (sulfide) groups is 1. The van der Waals surface area contributed by atoms with E-state index in [2.05, 4.69) is 22.2 Å². The van der Waals surface area contributed by atoms with E-state index in [9.17, 15) is 5.11 Å². The molecule has 2 atom stereocenters. The van der Waals surface area contributed by atoms with Crippen molar-refractivity contribution < 1.29 is 5.11 Å². The number of nitrogens with zero attached hydrogens (tertiary/aromatic N) is 2. The third kappa shape index (κ3) is 3.63. The number of aromatic nitrogens is 2. The van der Waals surface area contributed by atoms with Gasteiger partial charge in [0.1, 0.15) is 5.69 Å². The molecule has 1 saturated carbocycles. The number of aliphatic hydroxyl groups is 1. The second-order valence-electron chi connectivity index (χ2n) is 4.81. The molecule has 1 aromatic rings. The summed E-state index contributed by atoms with van der Waals surface area (Å²) in [6, 6.07) is 0.204. The monoisotopic (exact) mass is 283 g/mol. The molecule has 7 heteroatoms. The molecule has 2 rings (SSSR count). The van der Waals surface area contributed by atoms with Crippen LogP contribution in [0.3, 0.4) is 0 Å². The number of hydrogen-bond acceptors (Lipinski definition) is 7. The smallest absolute Gasteiger partial charge is 0.191 e. The van der Waals surface area contributed by atoms with E-state index >= 15 is 0 Å². The molecule has 0 aliphatic heterocycles. The van der Waals surface area contributed by atoms with Crippen LogP contribution >= 0.6 is 11.8 Å². The molecule has 2 unspecified atom stereocenters. The maximum atomic E-state index is 9.54. The average molecular weight is 283 g/mol. The van der Waals surface area contributed by atoms with E-state index in [4.69, 9.17) is 11.5 Å². The van der Waals surface area contributed by atoms with Gasteiger partial charge in [-0.1, -0.05) is 18.7 Å². The lowest BCUT2D eigenvalue weighted by atomic mass is 10.2. The van der Waals surface area contributed by atoms with Crippen molar-refractivity contribution in [2.45, 2.75) is 49.9 Å². The molecule has 106 valence electrons. The van der Waals surface area contributed by atoms with Gasteiger partial charge in [-0.25, -0.2) is 9.97 Å². The van der Waals surface area contributed by atoms with Crippen LogP contribution in [0, 0.1) is 0 Å². The van der Waals surface area contributed by atoms with Crippen LogP contribution in [0.1, 0.15) is 32.6 Å². The SMILES string of the molecule is CCCSc1nc(N)c(N)c(NC2CCC(O)C2)n1. The van der Waals surface area contributed by atoms with Gasteiger partial charge in [0.2, 0.25) is 0 Å². The normalized spacial score (nSPS) is 22.6. The molecular formula is C12H21N5OS. The van der Waals surface area contributed by atoms with Gasteiger partial charge in [0.25, 0.3) is 0 Å². The first kappa shape index (κ1) is 14.2. The van der Waals surface area contributed by atoms with Crippen molar-refractivity contribution >= 4 is 29.1 Å². The van der Waals surface area contributed by atoms with Crippen molar-refractivity contribution in [3.05, 3.63) is 0 Å². The van der Waals surface area contributed by atoms with E-state index in [-0.39, 0.29) is 12.1 Å². The minimum absolute atomic E-state index is 0.204. The Labute approximate surface area is 117 Å². The maximum Gasteiger partial charge on any atom is 0.191 e. The number of aliphatic hydroxyl groups excluding tert-OH is 1. The van der Waals surface area contributed by atoms with Gasteiger partial charge in [0.15, 0.2) is 16.8 Å². The standard InChI is InChI=1S/C12H21N5OS/c1-2-5-19-12-16-10(14)9(13)11(17-12)15-7-3-4-8(18)6-7/h7-8,18H,2-6,13H2,1H3,(H3,14,15,16,17). The van der Waals surface area contributed by atoms with Crippen molar-refractivity contribution in [1.29, 1.82) is 0 Å². The molecule has 0 amide bonds. The fourth-order valence-corrected chi connectivity index (χ4v) is 2.82. The van der Waals surface area contributed by atoms with Crippen LogP contribution in [0.25, 0.3) is 0 Å². The Hall–Kier alpha value is -1.21. The number of hydrogen-bond donors (Lipinski definition) is 4. The van der Waals surface area contributed by atoms with Crippen molar-refractivity contribution in [1.82, 2.24) is 9.97 Å². The molecule has 0 radical (unpaired) electrons. The summed E-state index contributed by atoms with van der Waals surface area (Å²) in [5, 5.41) is 13.5. The fraction of sp³-hybridized carbons (Fsp3) is 0.667. The van der Waals surface area contributed by atoms with Gasteiger partial charge in [0.05, 0.1) is 6.10 Å². The summed E-state index contributed by atoms with van der Waals surface area (Å²) >= 11 is 1.57. The van der Waals surface area contributed by atoms with Gasteiger partial charge < -0.3 is 21.9 Å². The highest BCUT2D eigenvalue weighted by Crippen LogP contribution is 2.29. The van der Waals surface area contributed by atoms with Crippen molar-refractivity contribution in [3.63, 3.8) is 0 Å². The molecule has 0 spiro atoms. The second kappa shape index (κ2) is 6.29. The Bertz CT molecular complexity index is 442. The largest absolute Gasteiger partial charge is 0.393 e. The molecule has 6 N–H and O–H groups in total. The van der Waals surface area contributed by atoms with E-state index < -0.39 is 0 Å². The summed E-state index contributed by atoms with van der Waals surface area (Å²) in [6.07, 6.45) is 3.28. The second-order valence-corrected chi connectivity index (χ2v) is 5.87. The third-order valence-corrected chi connectivity index (χ3v) is 4.19. The van der Waals surface area contributed by atoms with Crippen LogP contribution in [-0.2, 0) is 0 Å². The first-order chi connectivity index (χ1) is 9.10. The Morgan fingerprint density at radius 3 is 2.79 bits per heavy atom. The van der Waals surface area contributed by atoms with E-state index in [0.29, 0.717) is 22.5 Å². The average Bonchev–Trinajstić information content (AvgIpc) is 2.78. The topological polar surface area (TPSA) is 110 Å². The lowest BCUT2D eigenvalue weighted by molar-refractivity contribution is 0.182. The van der Waals surface area contributed by atoms with Crippen LogP contribution < -0.4 is 16.8 Å². The minimum Gasteiger partial charge on any atom is -0.393 e. The zero-order valence-corrected chi connectivity index (χ0v) is 11.9. The summed E-state index contributed by atoms with van der Waals surface area (Å²) in [7, 11) is 0. The first-order valence-corrected chi connectivity index (χ1v) is 7.59. The van der Waals surface area contributed by atoms with Gasteiger partial charge in [-0.15, -0.1) is 0 Å². The molecular weight excluding hydrogens is 262 g/mol. The van der Waals surface area contributed by atoms with E-state index in [1.54, 1.807) is 11.8 Å². The lowest BCUT2D eigenvalue weighted by Gasteiger charge is -2.16. The predicted octanol–water partition coefficient (Wildman–Crippen LogP) is 1.47. The highest BCUT2D eigenvalue weighted by molar-refractivity contribution is 7.99. The Morgan fingerprint density at radius 2 is 2.16 bits per heavy atom. The summed E-state index contributed by atoms with van der Waals surface area (Å²) < 4.78 is 0. The quantitative estimate of drug-likeness (QED) is 0.478. The fourth-order valence-electron chi connectivity index (χ4n) is 2.12. The number of nitrogens with one attached hydrogen (secondary N) is 1. The van der Waals surface area contributed by atoms with Crippen LogP contribution in [0.4, 0.5) is 17.3 Å². The highest BCUT2D eigenvalue weighted by atomic mass is 32.2. The third-order valence-electron chi connectivity index (χ3n) is 3.14. The van der Waals surface area contributed by atoms with Gasteiger partial charge in [-0.3, -0.25) is 0 Å². The van der Waals surface area contributed by atoms with Gasteiger partial charge in [-0.2, -0.15) is 0 Å². The zero-order valence-electron chi connectivity index (χ0n) is 11.1. The number of nitrogens with two attached hydrogens (primary N) is 2. The summed E-state index contributed by atoms with van der Waals surface area (Å²) in [4.78, 5) is 8.59. The molecule has 1 aliphatic carbocycles. The molecule has 1 fully saturated rings.